The average Bonchev–Trinajstić information content (AvgIpc) is 2.90. The summed E-state index contributed by atoms with van der Waals surface area (Å²) in [6, 6.07) is 11.4. The number of hydrogen-bond donors (Lipinski definition) is 1. The molecule has 2 aromatic rings. The van der Waals surface area contributed by atoms with Crippen LogP contribution in [0.4, 0.5) is 5.69 Å². The molecule has 0 radical (unpaired) electrons. The molecule has 25 heavy (non-hydrogen) atoms. The number of hydrogen-bond acceptors (Lipinski definition) is 3. The summed E-state index contributed by atoms with van der Waals surface area (Å²) >= 11 is 3.53. The minimum atomic E-state index is -0.109. The number of carbonyl (C=O) groups is 1. The van der Waals surface area contributed by atoms with Gasteiger partial charge in [-0.05, 0) is 52.7 Å². The zero-order valence-electron chi connectivity index (χ0n) is 13.8. The standard InChI is InChI=1S/C20H18BrNO3/c1-3-9-25-19-16(21)11-13(12-18(19)24-4-2)10-15-14-7-5-6-8-17(14)22-20(15)23/h3,5-8,10-12H,1,4,9H2,2H3,(H,22,23)/b15-10-. The summed E-state index contributed by atoms with van der Waals surface area (Å²) in [4.78, 5) is 12.3. The fourth-order valence-electron chi connectivity index (χ4n) is 2.67. The van der Waals surface area contributed by atoms with E-state index in [1.54, 1.807) is 6.08 Å². The summed E-state index contributed by atoms with van der Waals surface area (Å²) in [7, 11) is 0. The van der Waals surface area contributed by atoms with Crippen LogP contribution in [0.3, 0.4) is 0 Å². The van der Waals surface area contributed by atoms with Crippen LogP contribution in [-0.4, -0.2) is 19.1 Å². The zero-order valence-corrected chi connectivity index (χ0v) is 15.4. The lowest BCUT2D eigenvalue weighted by molar-refractivity contribution is -0.110. The van der Waals surface area contributed by atoms with Gasteiger partial charge in [-0.15, -0.1) is 0 Å². The first kappa shape index (κ1) is 17.3. The molecule has 0 bridgehead atoms. The smallest absolute Gasteiger partial charge is 0.256 e. The summed E-state index contributed by atoms with van der Waals surface area (Å²) in [5.74, 6) is 1.14. The highest BCUT2D eigenvalue weighted by molar-refractivity contribution is 9.10. The number of rotatable bonds is 6. The molecule has 5 heteroatoms. The summed E-state index contributed by atoms with van der Waals surface area (Å²) in [6.07, 6.45) is 3.53. The van der Waals surface area contributed by atoms with Crippen molar-refractivity contribution in [1.29, 1.82) is 0 Å². The van der Waals surface area contributed by atoms with Crippen LogP contribution in [0.15, 0.2) is 53.5 Å². The van der Waals surface area contributed by atoms with Gasteiger partial charge in [0.2, 0.25) is 0 Å². The minimum Gasteiger partial charge on any atom is -0.490 e. The van der Waals surface area contributed by atoms with Gasteiger partial charge in [-0.25, -0.2) is 0 Å². The van der Waals surface area contributed by atoms with Gasteiger partial charge in [0.1, 0.15) is 6.61 Å². The highest BCUT2D eigenvalue weighted by Gasteiger charge is 2.23. The van der Waals surface area contributed by atoms with Crippen molar-refractivity contribution >= 4 is 39.2 Å². The van der Waals surface area contributed by atoms with Gasteiger partial charge in [-0.1, -0.05) is 30.9 Å². The second kappa shape index (κ2) is 7.57. The van der Waals surface area contributed by atoms with Crippen molar-refractivity contribution in [3.05, 3.63) is 64.7 Å². The van der Waals surface area contributed by atoms with Crippen molar-refractivity contribution in [1.82, 2.24) is 0 Å². The third-order valence-electron chi connectivity index (χ3n) is 3.70. The zero-order chi connectivity index (χ0) is 17.8. The van der Waals surface area contributed by atoms with Gasteiger partial charge < -0.3 is 14.8 Å². The number of amides is 1. The molecule has 0 atom stereocenters. The highest BCUT2D eigenvalue weighted by atomic mass is 79.9. The summed E-state index contributed by atoms with van der Waals surface area (Å²) in [5.41, 5.74) is 3.20. The van der Waals surface area contributed by atoms with Gasteiger partial charge in [0.05, 0.1) is 11.1 Å². The van der Waals surface area contributed by atoms with Crippen LogP contribution in [-0.2, 0) is 4.79 Å². The van der Waals surface area contributed by atoms with Crippen LogP contribution in [0.1, 0.15) is 18.1 Å². The third kappa shape index (κ3) is 3.61. The predicted octanol–water partition coefficient (Wildman–Crippen LogP) is 4.91. The van der Waals surface area contributed by atoms with Gasteiger partial charge >= 0.3 is 0 Å². The Labute approximate surface area is 155 Å². The quantitative estimate of drug-likeness (QED) is 0.554. The van der Waals surface area contributed by atoms with E-state index in [4.69, 9.17) is 9.47 Å². The van der Waals surface area contributed by atoms with Crippen LogP contribution in [0.5, 0.6) is 11.5 Å². The maximum atomic E-state index is 12.3. The Balaban J connectivity index is 2.03. The number of ether oxygens (including phenoxy) is 2. The molecule has 0 unspecified atom stereocenters. The van der Waals surface area contributed by atoms with Crippen LogP contribution >= 0.6 is 15.9 Å². The van der Waals surface area contributed by atoms with E-state index in [0.29, 0.717) is 30.3 Å². The molecule has 0 saturated carbocycles. The molecular weight excluding hydrogens is 382 g/mol. The Morgan fingerprint density at radius 1 is 1.24 bits per heavy atom. The average molecular weight is 400 g/mol. The Hall–Kier alpha value is -2.53. The molecule has 1 heterocycles. The molecular formula is C20H18BrNO3. The number of anilines is 1. The molecule has 1 N–H and O–H groups in total. The van der Waals surface area contributed by atoms with E-state index in [1.165, 1.54) is 0 Å². The van der Waals surface area contributed by atoms with Gasteiger partial charge in [0.15, 0.2) is 11.5 Å². The molecule has 2 aromatic carbocycles. The topological polar surface area (TPSA) is 47.6 Å². The third-order valence-corrected chi connectivity index (χ3v) is 4.29. The van der Waals surface area contributed by atoms with Gasteiger partial charge in [0.25, 0.3) is 5.91 Å². The maximum absolute atomic E-state index is 12.3. The predicted molar refractivity (Wildman–Crippen MR) is 104 cm³/mol. The van der Waals surface area contributed by atoms with E-state index in [2.05, 4.69) is 27.8 Å². The van der Waals surface area contributed by atoms with E-state index in [9.17, 15) is 4.79 Å². The lowest BCUT2D eigenvalue weighted by atomic mass is 10.0. The van der Waals surface area contributed by atoms with E-state index >= 15 is 0 Å². The van der Waals surface area contributed by atoms with Crippen molar-refractivity contribution in [2.75, 3.05) is 18.5 Å². The van der Waals surface area contributed by atoms with Crippen LogP contribution in [0.25, 0.3) is 11.6 Å². The van der Waals surface area contributed by atoms with Crippen molar-refractivity contribution in [3.8, 4) is 11.5 Å². The molecule has 1 aliphatic heterocycles. The first-order valence-corrected chi connectivity index (χ1v) is 8.75. The maximum Gasteiger partial charge on any atom is 0.256 e. The molecule has 1 aliphatic rings. The number of halogens is 1. The SMILES string of the molecule is C=CCOc1c(Br)cc(/C=C2\C(=O)Nc3ccccc32)cc1OCC. The van der Waals surface area contributed by atoms with Gasteiger partial charge in [-0.2, -0.15) is 0 Å². The monoisotopic (exact) mass is 399 g/mol. The molecule has 0 aliphatic carbocycles. The van der Waals surface area contributed by atoms with Crippen molar-refractivity contribution in [2.45, 2.75) is 6.92 Å². The fourth-order valence-corrected chi connectivity index (χ4v) is 3.24. The number of para-hydroxylation sites is 1. The lowest BCUT2D eigenvalue weighted by Gasteiger charge is -2.14. The van der Waals surface area contributed by atoms with Crippen LogP contribution < -0.4 is 14.8 Å². The molecule has 128 valence electrons. The van der Waals surface area contributed by atoms with Crippen molar-refractivity contribution in [2.24, 2.45) is 0 Å². The summed E-state index contributed by atoms with van der Waals surface area (Å²) in [6.45, 7) is 6.47. The first-order valence-electron chi connectivity index (χ1n) is 7.96. The first-order chi connectivity index (χ1) is 12.1. The van der Waals surface area contributed by atoms with Gasteiger partial charge in [-0.3, -0.25) is 4.79 Å². The van der Waals surface area contributed by atoms with Crippen LogP contribution in [0, 0.1) is 0 Å². The van der Waals surface area contributed by atoms with Gasteiger partial charge in [0, 0.05) is 16.8 Å². The fraction of sp³-hybridized carbons (Fsp3) is 0.150. The normalized spacial score (nSPS) is 14.2. The number of nitrogens with one attached hydrogen (secondary N) is 1. The largest absolute Gasteiger partial charge is 0.490 e. The number of benzene rings is 2. The summed E-state index contributed by atoms with van der Waals surface area (Å²) in [5, 5.41) is 2.88. The summed E-state index contributed by atoms with van der Waals surface area (Å²) < 4.78 is 12.1. The molecule has 4 nitrogen and oxygen atoms in total. The Morgan fingerprint density at radius 2 is 2.04 bits per heavy atom. The minimum absolute atomic E-state index is 0.109. The molecule has 3 rings (SSSR count). The number of fused-ring (bicyclic) bond motifs is 1. The second-order valence-corrected chi connectivity index (χ2v) is 6.27. The molecule has 0 spiro atoms. The highest BCUT2D eigenvalue weighted by Crippen LogP contribution is 2.39. The Kier molecular flexibility index (Phi) is 5.24. The second-order valence-electron chi connectivity index (χ2n) is 5.42. The molecule has 0 fully saturated rings. The molecule has 1 amide bonds. The van der Waals surface area contributed by atoms with Crippen molar-refractivity contribution < 1.29 is 14.3 Å². The van der Waals surface area contributed by atoms with E-state index in [1.807, 2.05) is 49.4 Å². The Bertz CT molecular complexity index is 858. The van der Waals surface area contributed by atoms with Crippen LogP contribution in [0.2, 0.25) is 0 Å². The number of carbonyl (C=O) groups excluding carboxylic acids is 1. The van der Waals surface area contributed by atoms with E-state index < -0.39 is 0 Å². The van der Waals surface area contributed by atoms with E-state index in [0.717, 1.165) is 21.3 Å². The molecule has 0 saturated heterocycles. The van der Waals surface area contributed by atoms with Crippen molar-refractivity contribution in [3.63, 3.8) is 0 Å². The molecule has 0 aromatic heterocycles. The Morgan fingerprint density at radius 3 is 2.80 bits per heavy atom. The van der Waals surface area contributed by atoms with E-state index in [-0.39, 0.29) is 5.91 Å². The lowest BCUT2D eigenvalue weighted by Crippen LogP contribution is -2.04.